The zero-order valence-electron chi connectivity index (χ0n) is 17.4. The first-order chi connectivity index (χ1) is 13.9. The molecule has 1 fully saturated rings. The lowest BCUT2D eigenvalue weighted by atomic mass is 9.87. The Morgan fingerprint density at radius 3 is 2.69 bits per heavy atom. The summed E-state index contributed by atoms with van der Waals surface area (Å²) in [6, 6.07) is 10.3. The number of carbonyl (C=O) groups excluding carboxylic acids is 1. The number of hydrogen-bond acceptors (Lipinski definition) is 5. The third kappa shape index (κ3) is 4.22. The molecule has 6 heteroatoms. The van der Waals surface area contributed by atoms with Crippen LogP contribution in [0, 0.1) is 0 Å². The summed E-state index contributed by atoms with van der Waals surface area (Å²) < 4.78 is 11.1. The minimum absolute atomic E-state index is 0.0165. The van der Waals surface area contributed by atoms with Crippen LogP contribution < -0.4 is 9.64 Å². The van der Waals surface area contributed by atoms with Crippen molar-refractivity contribution in [2.24, 2.45) is 0 Å². The average Bonchev–Trinajstić information content (AvgIpc) is 2.98. The van der Waals surface area contributed by atoms with E-state index in [0.717, 1.165) is 25.9 Å². The van der Waals surface area contributed by atoms with Crippen LogP contribution in [-0.4, -0.2) is 48.8 Å². The SMILES string of the molecule is CN(C(=O)Oc1ccc2c(c1)C(C)(C)CN2Cc1ccncc1)C1CCOCC1. The van der Waals surface area contributed by atoms with E-state index in [1.54, 1.807) is 4.90 Å². The Hall–Kier alpha value is -2.60. The maximum Gasteiger partial charge on any atom is 0.415 e. The number of aromatic nitrogens is 1. The van der Waals surface area contributed by atoms with Crippen molar-refractivity contribution in [1.82, 2.24) is 9.88 Å². The Labute approximate surface area is 172 Å². The van der Waals surface area contributed by atoms with E-state index >= 15 is 0 Å². The Bertz CT molecular complexity index is 863. The van der Waals surface area contributed by atoms with E-state index < -0.39 is 0 Å². The fourth-order valence-electron chi connectivity index (χ4n) is 4.29. The average molecular weight is 396 g/mol. The molecule has 0 N–H and O–H groups in total. The monoisotopic (exact) mass is 395 g/mol. The van der Waals surface area contributed by atoms with Crippen LogP contribution in [0.5, 0.6) is 5.75 Å². The summed E-state index contributed by atoms with van der Waals surface area (Å²) in [5.41, 5.74) is 3.63. The highest BCUT2D eigenvalue weighted by Crippen LogP contribution is 2.43. The Morgan fingerprint density at radius 2 is 1.97 bits per heavy atom. The quantitative estimate of drug-likeness (QED) is 0.784. The van der Waals surface area contributed by atoms with Gasteiger partial charge in [-0.1, -0.05) is 13.8 Å². The summed E-state index contributed by atoms with van der Waals surface area (Å²) >= 11 is 0. The summed E-state index contributed by atoms with van der Waals surface area (Å²) in [7, 11) is 1.81. The molecule has 1 aromatic carbocycles. The molecule has 3 heterocycles. The van der Waals surface area contributed by atoms with Gasteiger partial charge in [0.25, 0.3) is 0 Å². The van der Waals surface area contributed by atoms with Gasteiger partial charge in [-0.05, 0) is 54.3 Å². The van der Waals surface area contributed by atoms with Crippen molar-refractivity contribution in [2.45, 2.75) is 44.7 Å². The first kappa shape index (κ1) is 19.7. The second-order valence-corrected chi connectivity index (χ2v) is 8.60. The topological polar surface area (TPSA) is 54.9 Å². The van der Waals surface area contributed by atoms with E-state index in [0.29, 0.717) is 19.0 Å². The van der Waals surface area contributed by atoms with Crippen molar-refractivity contribution in [2.75, 3.05) is 31.7 Å². The summed E-state index contributed by atoms with van der Waals surface area (Å²) in [5, 5.41) is 0. The predicted molar refractivity (Wildman–Crippen MR) is 112 cm³/mol. The molecule has 0 saturated carbocycles. The fourth-order valence-corrected chi connectivity index (χ4v) is 4.29. The molecule has 2 aliphatic heterocycles. The number of nitrogens with zero attached hydrogens (tertiary/aromatic N) is 3. The molecule has 4 rings (SSSR count). The number of hydrogen-bond donors (Lipinski definition) is 0. The molecule has 154 valence electrons. The molecule has 0 spiro atoms. The smallest absolute Gasteiger partial charge is 0.410 e. The van der Waals surface area contributed by atoms with Gasteiger partial charge in [-0.3, -0.25) is 4.98 Å². The molecule has 1 aromatic heterocycles. The lowest BCUT2D eigenvalue weighted by Gasteiger charge is -2.30. The van der Waals surface area contributed by atoms with Gasteiger partial charge in [0.2, 0.25) is 0 Å². The van der Waals surface area contributed by atoms with Crippen LogP contribution in [0.1, 0.15) is 37.8 Å². The lowest BCUT2D eigenvalue weighted by Crippen LogP contribution is -2.42. The lowest BCUT2D eigenvalue weighted by molar-refractivity contribution is 0.0454. The van der Waals surface area contributed by atoms with Crippen molar-refractivity contribution in [3.05, 3.63) is 53.9 Å². The third-order valence-corrected chi connectivity index (χ3v) is 5.98. The normalized spacial score (nSPS) is 18.4. The number of anilines is 1. The molecule has 1 amide bonds. The van der Waals surface area contributed by atoms with Crippen LogP contribution in [0.4, 0.5) is 10.5 Å². The molecule has 2 aliphatic rings. The Balaban J connectivity index is 1.49. The van der Waals surface area contributed by atoms with E-state index in [1.165, 1.54) is 16.8 Å². The summed E-state index contributed by atoms with van der Waals surface area (Å²) in [4.78, 5) is 20.8. The second-order valence-electron chi connectivity index (χ2n) is 8.60. The second kappa shape index (κ2) is 8.03. The van der Waals surface area contributed by atoms with Crippen LogP contribution in [0.25, 0.3) is 0 Å². The number of pyridine rings is 1. The first-order valence-electron chi connectivity index (χ1n) is 10.2. The van der Waals surface area contributed by atoms with Crippen molar-refractivity contribution in [3.63, 3.8) is 0 Å². The number of benzene rings is 1. The van der Waals surface area contributed by atoms with Gasteiger partial charge in [-0.15, -0.1) is 0 Å². The first-order valence-corrected chi connectivity index (χ1v) is 10.2. The zero-order chi connectivity index (χ0) is 20.4. The van der Waals surface area contributed by atoms with Crippen molar-refractivity contribution in [3.8, 4) is 5.75 Å². The van der Waals surface area contributed by atoms with Crippen LogP contribution in [-0.2, 0) is 16.7 Å². The van der Waals surface area contributed by atoms with E-state index in [1.807, 2.05) is 43.7 Å². The standard InChI is InChI=1S/C23H29N3O3/c1-23(2)16-26(15-17-6-10-24-11-7-17)21-5-4-19(14-20(21)23)29-22(27)25(3)18-8-12-28-13-9-18/h4-7,10-11,14,18H,8-9,12-13,15-16H2,1-3H3. The predicted octanol–water partition coefficient (Wildman–Crippen LogP) is 3.99. The molecule has 0 bridgehead atoms. The molecule has 1 saturated heterocycles. The molecule has 0 unspecified atom stereocenters. The molecule has 2 aromatic rings. The number of carbonyl (C=O) groups is 1. The zero-order valence-corrected chi connectivity index (χ0v) is 17.4. The van der Waals surface area contributed by atoms with Gasteiger partial charge in [-0.25, -0.2) is 4.79 Å². The van der Waals surface area contributed by atoms with E-state index in [2.05, 4.69) is 29.8 Å². The van der Waals surface area contributed by atoms with Crippen LogP contribution in [0.15, 0.2) is 42.7 Å². The number of rotatable bonds is 4. The van der Waals surface area contributed by atoms with Crippen molar-refractivity contribution < 1.29 is 14.3 Å². The summed E-state index contributed by atoms with van der Waals surface area (Å²) in [6.07, 6.45) is 5.06. The number of fused-ring (bicyclic) bond motifs is 1. The summed E-state index contributed by atoms with van der Waals surface area (Å²) in [5.74, 6) is 0.603. The van der Waals surface area contributed by atoms with Crippen molar-refractivity contribution in [1.29, 1.82) is 0 Å². The molecule has 6 nitrogen and oxygen atoms in total. The molecule has 29 heavy (non-hydrogen) atoms. The van der Waals surface area contributed by atoms with Crippen LogP contribution in [0.3, 0.4) is 0 Å². The number of amides is 1. The van der Waals surface area contributed by atoms with Gasteiger partial charge in [0.1, 0.15) is 5.75 Å². The van der Waals surface area contributed by atoms with Gasteiger partial charge in [0.05, 0.1) is 0 Å². The number of ether oxygens (including phenoxy) is 2. The molecular formula is C23H29N3O3. The Morgan fingerprint density at radius 1 is 1.24 bits per heavy atom. The Kier molecular flexibility index (Phi) is 5.46. The fraction of sp³-hybridized carbons (Fsp3) is 0.478. The van der Waals surface area contributed by atoms with E-state index in [9.17, 15) is 4.79 Å². The van der Waals surface area contributed by atoms with Gasteiger partial charge in [0.15, 0.2) is 0 Å². The molecule has 0 aliphatic carbocycles. The molecule has 0 radical (unpaired) electrons. The van der Waals surface area contributed by atoms with Gasteiger partial charge >= 0.3 is 6.09 Å². The minimum Gasteiger partial charge on any atom is -0.410 e. The minimum atomic E-state index is -0.304. The largest absolute Gasteiger partial charge is 0.415 e. The third-order valence-electron chi connectivity index (χ3n) is 5.98. The van der Waals surface area contributed by atoms with Crippen LogP contribution >= 0.6 is 0 Å². The summed E-state index contributed by atoms with van der Waals surface area (Å²) in [6.45, 7) is 7.62. The van der Waals surface area contributed by atoms with Gasteiger partial charge in [0, 0.05) is 62.9 Å². The van der Waals surface area contributed by atoms with Crippen LogP contribution in [0.2, 0.25) is 0 Å². The van der Waals surface area contributed by atoms with E-state index in [-0.39, 0.29) is 17.6 Å². The van der Waals surface area contributed by atoms with Crippen molar-refractivity contribution >= 4 is 11.8 Å². The highest BCUT2D eigenvalue weighted by atomic mass is 16.6. The maximum atomic E-state index is 12.6. The van der Waals surface area contributed by atoms with Gasteiger partial charge < -0.3 is 19.3 Å². The highest BCUT2D eigenvalue weighted by Gasteiger charge is 2.35. The maximum absolute atomic E-state index is 12.6. The molecular weight excluding hydrogens is 366 g/mol. The molecule has 0 atom stereocenters. The van der Waals surface area contributed by atoms with E-state index in [4.69, 9.17) is 9.47 Å². The highest BCUT2D eigenvalue weighted by molar-refractivity contribution is 5.72. The van der Waals surface area contributed by atoms with Gasteiger partial charge in [-0.2, -0.15) is 0 Å².